The fourth-order valence-corrected chi connectivity index (χ4v) is 2.18. The van der Waals surface area contributed by atoms with Crippen LogP contribution in [0.4, 0.5) is 0 Å². The lowest BCUT2D eigenvalue weighted by molar-refractivity contribution is -0.144. The van der Waals surface area contributed by atoms with E-state index in [1.54, 1.807) is 6.92 Å². The van der Waals surface area contributed by atoms with Gasteiger partial charge in [-0.3, -0.25) is 14.4 Å². The van der Waals surface area contributed by atoms with Gasteiger partial charge < -0.3 is 20.3 Å². The summed E-state index contributed by atoms with van der Waals surface area (Å²) in [5.41, 5.74) is 0. The number of carbonyl (C=O) groups excluding carboxylic acids is 2. The molecule has 24 heavy (non-hydrogen) atoms. The molecule has 1 amide bonds. The van der Waals surface area contributed by atoms with Gasteiger partial charge in [-0.25, -0.2) is 4.79 Å². The Hall–Kier alpha value is -1.96. The highest BCUT2D eigenvalue weighted by Gasteiger charge is 2.22. The van der Waals surface area contributed by atoms with Crippen molar-refractivity contribution in [2.75, 3.05) is 13.7 Å². The van der Waals surface area contributed by atoms with Gasteiger partial charge in [0, 0.05) is 33.0 Å². The Labute approximate surface area is 141 Å². The van der Waals surface area contributed by atoms with Crippen molar-refractivity contribution in [3.8, 4) is 0 Å². The molecule has 0 bridgehead atoms. The summed E-state index contributed by atoms with van der Waals surface area (Å²) in [6, 6.07) is -1.14. The van der Waals surface area contributed by atoms with E-state index in [4.69, 9.17) is 14.9 Å². The van der Waals surface area contributed by atoms with Gasteiger partial charge in [-0.2, -0.15) is 0 Å². The second-order valence-electron chi connectivity index (χ2n) is 5.61. The minimum atomic E-state index is -1.21. The summed E-state index contributed by atoms with van der Waals surface area (Å²) in [5.74, 6) is -3.40. The summed E-state index contributed by atoms with van der Waals surface area (Å²) >= 11 is 0. The molecule has 0 fully saturated rings. The molecule has 1 unspecified atom stereocenters. The number of carbonyl (C=O) groups is 4. The van der Waals surface area contributed by atoms with Crippen LogP contribution in [0, 0.1) is 5.92 Å². The minimum Gasteiger partial charge on any atom is -0.481 e. The predicted octanol–water partition coefficient (Wildman–Crippen LogP) is 1.22. The van der Waals surface area contributed by atoms with E-state index in [0.29, 0.717) is 25.9 Å². The van der Waals surface area contributed by atoms with Gasteiger partial charge in [-0.05, 0) is 25.7 Å². The lowest BCUT2D eigenvalue weighted by atomic mass is 10.00. The van der Waals surface area contributed by atoms with E-state index >= 15 is 0 Å². The Morgan fingerprint density at radius 1 is 1.00 bits per heavy atom. The summed E-state index contributed by atoms with van der Waals surface area (Å²) in [6.07, 6.45) is 1.46. The maximum atomic E-state index is 11.8. The van der Waals surface area contributed by atoms with Gasteiger partial charge in [0.05, 0.1) is 5.92 Å². The van der Waals surface area contributed by atoms with E-state index in [2.05, 4.69) is 5.32 Å². The Balaban J connectivity index is 4.27. The molecule has 0 aromatic rings. The summed E-state index contributed by atoms with van der Waals surface area (Å²) in [7, 11) is 1.54. The fourth-order valence-electron chi connectivity index (χ4n) is 2.18. The Morgan fingerprint density at radius 3 is 2.17 bits per heavy atom. The third-order valence-electron chi connectivity index (χ3n) is 3.71. The number of rotatable bonds is 14. The number of amides is 1. The van der Waals surface area contributed by atoms with E-state index in [-0.39, 0.29) is 31.5 Å². The quantitative estimate of drug-likeness (QED) is 0.404. The van der Waals surface area contributed by atoms with Gasteiger partial charge in [-0.15, -0.1) is 0 Å². The minimum absolute atomic E-state index is 0.0169. The van der Waals surface area contributed by atoms with Crippen molar-refractivity contribution in [2.24, 2.45) is 5.92 Å². The van der Waals surface area contributed by atoms with Crippen LogP contribution in [0.1, 0.15) is 51.9 Å². The van der Waals surface area contributed by atoms with Crippen molar-refractivity contribution in [1.82, 2.24) is 5.32 Å². The van der Waals surface area contributed by atoms with Gasteiger partial charge in [-0.1, -0.05) is 6.92 Å². The Bertz CT molecular complexity index is 436. The first-order valence-electron chi connectivity index (χ1n) is 8.07. The molecule has 0 aliphatic carbocycles. The van der Waals surface area contributed by atoms with Crippen molar-refractivity contribution < 1.29 is 34.1 Å². The largest absolute Gasteiger partial charge is 0.481 e. The normalized spacial score (nSPS) is 13.1. The van der Waals surface area contributed by atoms with Crippen molar-refractivity contribution in [1.29, 1.82) is 0 Å². The van der Waals surface area contributed by atoms with Crippen molar-refractivity contribution in [3.63, 3.8) is 0 Å². The summed E-state index contributed by atoms with van der Waals surface area (Å²) in [6.45, 7) is 2.18. The number of hydrogen-bond donors (Lipinski definition) is 3. The maximum Gasteiger partial charge on any atom is 0.326 e. The van der Waals surface area contributed by atoms with Crippen LogP contribution in [0.2, 0.25) is 0 Å². The first-order valence-corrected chi connectivity index (χ1v) is 8.07. The topological polar surface area (TPSA) is 130 Å². The zero-order valence-electron chi connectivity index (χ0n) is 14.2. The van der Waals surface area contributed by atoms with Crippen LogP contribution < -0.4 is 5.32 Å². The van der Waals surface area contributed by atoms with Gasteiger partial charge >= 0.3 is 11.9 Å². The van der Waals surface area contributed by atoms with Crippen LogP contribution >= 0.6 is 0 Å². The van der Waals surface area contributed by atoms with Gasteiger partial charge in [0.2, 0.25) is 5.91 Å². The average molecular weight is 345 g/mol. The SMILES string of the molecule is CC[C@@H](CCC(=O)NC(CCC(=O)CCCOC)C(=O)O)C(=O)O. The van der Waals surface area contributed by atoms with E-state index in [0.717, 1.165) is 0 Å². The highest BCUT2D eigenvalue weighted by Crippen LogP contribution is 2.11. The standard InChI is InChI=1S/C16H27NO7/c1-3-11(15(20)21)6-9-14(19)17-13(16(22)23)8-7-12(18)5-4-10-24-2/h11,13H,3-10H2,1-2H3,(H,17,19)(H,20,21)(H,22,23)/t11-,13?/m0/s1. The lowest BCUT2D eigenvalue weighted by Crippen LogP contribution is -2.41. The number of carboxylic acid groups (broad SMARTS) is 2. The molecule has 0 rings (SSSR count). The molecule has 0 heterocycles. The number of ketones is 1. The van der Waals surface area contributed by atoms with Crippen LogP contribution in [0.3, 0.4) is 0 Å². The molecule has 0 spiro atoms. The van der Waals surface area contributed by atoms with Gasteiger partial charge in [0.25, 0.3) is 0 Å². The van der Waals surface area contributed by atoms with Crippen LogP contribution in [-0.2, 0) is 23.9 Å². The number of ether oxygens (including phenoxy) is 1. The highest BCUT2D eigenvalue weighted by atomic mass is 16.5. The smallest absolute Gasteiger partial charge is 0.326 e. The monoisotopic (exact) mass is 345 g/mol. The predicted molar refractivity (Wildman–Crippen MR) is 85.6 cm³/mol. The number of nitrogens with one attached hydrogen (secondary N) is 1. The summed E-state index contributed by atoms with van der Waals surface area (Å²) < 4.78 is 4.84. The number of methoxy groups -OCH3 is 1. The molecule has 3 N–H and O–H groups in total. The number of Topliss-reactive ketones (excluding diaryl/α,β-unsaturated/α-hetero) is 1. The van der Waals surface area contributed by atoms with Crippen molar-refractivity contribution in [3.05, 3.63) is 0 Å². The van der Waals surface area contributed by atoms with Crippen LogP contribution in [0.15, 0.2) is 0 Å². The third kappa shape index (κ3) is 9.94. The van der Waals surface area contributed by atoms with Crippen LogP contribution in [0.5, 0.6) is 0 Å². The molecule has 0 saturated heterocycles. The number of carboxylic acids is 2. The number of hydrogen-bond acceptors (Lipinski definition) is 5. The van der Waals surface area contributed by atoms with E-state index in [9.17, 15) is 19.2 Å². The number of aliphatic carboxylic acids is 2. The zero-order valence-corrected chi connectivity index (χ0v) is 14.2. The Kier molecular flexibility index (Phi) is 11.4. The first kappa shape index (κ1) is 22.0. The van der Waals surface area contributed by atoms with Crippen molar-refractivity contribution >= 4 is 23.6 Å². The molecule has 0 radical (unpaired) electrons. The lowest BCUT2D eigenvalue weighted by Gasteiger charge is -2.15. The van der Waals surface area contributed by atoms with E-state index in [1.807, 2.05) is 0 Å². The van der Waals surface area contributed by atoms with Crippen LogP contribution in [0.25, 0.3) is 0 Å². The molecule has 0 aromatic heterocycles. The molecule has 8 heteroatoms. The summed E-state index contributed by atoms with van der Waals surface area (Å²) in [5, 5.41) is 20.4. The van der Waals surface area contributed by atoms with Gasteiger partial charge in [0.1, 0.15) is 11.8 Å². The van der Waals surface area contributed by atoms with E-state index in [1.165, 1.54) is 7.11 Å². The average Bonchev–Trinajstić information content (AvgIpc) is 2.51. The maximum absolute atomic E-state index is 11.8. The zero-order chi connectivity index (χ0) is 18.5. The molecular weight excluding hydrogens is 318 g/mol. The first-order chi connectivity index (χ1) is 11.3. The van der Waals surface area contributed by atoms with Crippen molar-refractivity contribution in [2.45, 2.75) is 57.9 Å². The highest BCUT2D eigenvalue weighted by molar-refractivity contribution is 5.85. The van der Waals surface area contributed by atoms with Gasteiger partial charge in [0.15, 0.2) is 0 Å². The molecule has 138 valence electrons. The molecule has 8 nitrogen and oxygen atoms in total. The third-order valence-corrected chi connectivity index (χ3v) is 3.71. The fraction of sp³-hybridized carbons (Fsp3) is 0.750. The summed E-state index contributed by atoms with van der Waals surface area (Å²) in [4.78, 5) is 45.5. The molecule has 0 aromatic carbocycles. The second kappa shape index (κ2) is 12.5. The molecule has 2 atom stereocenters. The molecule has 0 aliphatic rings. The molecular formula is C16H27NO7. The molecule has 0 saturated carbocycles. The van der Waals surface area contributed by atoms with E-state index < -0.39 is 29.8 Å². The second-order valence-corrected chi connectivity index (χ2v) is 5.61. The molecule has 0 aliphatic heterocycles. The Morgan fingerprint density at radius 2 is 1.67 bits per heavy atom. The van der Waals surface area contributed by atoms with Crippen LogP contribution in [-0.4, -0.2) is 53.6 Å².